The van der Waals surface area contributed by atoms with Crippen molar-refractivity contribution in [3.8, 4) is 0 Å². The molecule has 0 aliphatic heterocycles. The third-order valence-electron chi connectivity index (χ3n) is 4.61. The Labute approximate surface area is 186 Å². The molecule has 2 rings (SSSR count). The number of carbonyl (C=O) groups excluding carboxylic acids is 2. The number of nitrogens with one attached hydrogen (secondary N) is 1. The zero-order chi connectivity index (χ0) is 21.1. The predicted molar refractivity (Wildman–Crippen MR) is 125 cm³/mol. The molecule has 1 atom stereocenters. The molecule has 0 aliphatic rings. The van der Waals surface area contributed by atoms with E-state index in [1.54, 1.807) is 16.7 Å². The van der Waals surface area contributed by atoms with Gasteiger partial charge in [0.15, 0.2) is 0 Å². The van der Waals surface area contributed by atoms with Crippen molar-refractivity contribution in [3.05, 3.63) is 70.2 Å². The SMILES string of the molecule is CCCNC(=O)[C@@H](C)N(CCc1ccccc1)C(=O)CSCc1ccc(Br)cc1. The van der Waals surface area contributed by atoms with Gasteiger partial charge in [-0.15, -0.1) is 11.8 Å². The molecule has 0 unspecified atom stereocenters. The van der Waals surface area contributed by atoms with Crippen LogP contribution in [0.25, 0.3) is 0 Å². The molecule has 156 valence electrons. The van der Waals surface area contributed by atoms with Gasteiger partial charge in [-0.05, 0) is 43.0 Å². The second-order valence-corrected chi connectivity index (χ2v) is 8.81. The van der Waals surface area contributed by atoms with Gasteiger partial charge in [-0.3, -0.25) is 9.59 Å². The third kappa shape index (κ3) is 8.23. The molecule has 0 aromatic heterocycles. The number of thioether (sulfide) groups is 1. The fourth-order valence-electron chi connectivity index (χ4n) is 2.89. The Bertz CT molecular complexity index is 768. The Balaban J connectivity index is 1.96. The van der Waals surface area contributed by atoms with Crippen LogP contribution >= 0.6 is 27.7 Å². The molecule has 0 saturated carbocycles. The molecular weight excluding hydrogens is 448 g/mol. The van der Waals surface area contributed by atoms with E-state index >= 15 is 0 Å². The van der Waals surface area contributed by atoms with Crippen molar-refractivity contribution < 1.29 is 9.59 Å². The van der Waals surface area contributed by atoms with Crippen LogP contribution < -0.4 is 5.32 Å². The summed E-state index contributed by atoms with van der Waals surface area (Å²) in [6, 6.07) is 17.7. The van der Waals surface area contributed by atoms with E-state index < -0.39 is 6.04 Å². The molecule has 6 heteroatoms. The minimum Gasteiger partial charge on any atom is -0.354 e. The van der Waals surface area contributed by atoms with Gasteiger partial charge in [0.1, 0.15) is 6.04 Å². The van der Waals surface area contributed by atoms with Crippen LogP contribution in [0.4, 0.5) is 0 Å². The zero-order valence-electron chi connectivity index (χ0n) is 17.1. The summed E-state index contributed by atoms with van der Waals surface area (Å²) in [6.45, 7) is 4.99. The van der Waals surface area contributed by atoms with Crippen molar-refractivity contribution in [1.29, 1.82) is 0 Å². The molecule has 0 heterocycles. The molecule has 0 saturated heterocycles. The molecular formula is C23H29BrN2O2S. The summed E-state index contributed by atoms with van der Waals surface area (Å²) in [7, 11) is 0. The quantitative estimate of drug-likeness (QED) is 0.512. The summed E-state index contributed by atoms with van der Waals surface area (Å²) in [5.74, 6) is 1.03. The normalized spacial score (nSPS) is 11.7. The van der Waals surface area contributed by atoms with E-state index in [0.29, 0.717) is 18.8 Å². The van der Waals surface area contributed by atoms with E-state index in [4.69, 9.17) is 0 Å². The lowest BCUT2D eigenvalue weighted by Gasteiger charge is -2.28. The van der Waals surface area contributed by atoms with Crippen molar-refractivity contribution in [2.24, 2.45) is 0 Å². The van der Waals surface area contributed by atoms with Crippen LogP contribution in [-0.4, -0.2) is 41.6 Å². The maximum atomic E-state index is 12.9. The van der Waals surface area contributed by atoms with E-state index in [-0.39, 0.29) is 11.8 Å². The van der Waals surface area contributed by atoms with Gasteiger partial charge in [0.05, 0.1) is 5.75 Å². The first-order valence-corrected chi connectivity index (χ1v) is 11.9. The van der Waals surface area contributed by atoms with Crippen LogP contribution in [0, 0.1) is 0 Å². The van der Waals surface area contributed by atoms with Gasteiger partial charge in [-0.25, -0.2) is 0 Å². The molecule has 2 aromatic carbocycles. The van der Waals surface area contributed by atoms with Crippen molar-refractivity contribution in [3.63, 3.8) is 0 Å². The highest BCUT2D eigenvalue weighted by Gasteiger charge is 2.25. The lowest BCUT2D eigenvalue weighted by Crippen LogP contribution is -2.49. The smallest absolute Gasteiger partial charge is 0.242 e. The second kappa shape index (κ2) is 12.7. The van der Waals surface area contributed by atoms with Crippen molar-refractivity contribution >= 4 is 39.5 Å². The Hall–Kier alpha value is -1.79. The minimum atomic E-state index is -0.481. The van der Waals surface area contributed by atoms with Crippen molar-refractivity contribution in [1.82, 2.24) is 10.2 Å². The topological polar surface area (TPSA) is 49.4 Å². The van der Waals surface area contributed by atoms with E-state index in [0.717, 1.165) is 28.6 Å². The molecule has 2 aromatic rings. The number of rotatable bonds is 11. The number of halogens is 1. The van der Waals surface area contributed by atoms with Gasteiger partial charge < -0.3 is 10.2 Å². The largest absolute Gasteiger partial charge is 0.354 e. The van der Waals surface area contributed by atoms with Gasteiger partial charge in [-0.1, -0.05) is 65.3 Å². The molecule has 2 amide bonds. The van der Waals surface area contributed by atoms with E-state index in [9.17, 15) is 9.59 Å². The van der Waals surface area contributed by atoms with Gasteiger partial charge in [0.2, 0.25) is 11.8 Å². The summed E-state index contributed by atoms with van der Waals surface area (Å²) in [4.78, 5) is 27.1. The molecule has 0 bridgehead atoms. The highest BCUT2D eigenvalue weighted by molar-refractivity contribution is 9.10. The molecule has 0 spiro atoms. The van der Waals surface area contributed by atoms with Gasteiger partial charge in [0.25, 0.3) is 0 Å². The second-order valence-electron chi connectivity index (χ2n) is 6.91. The Morgan fingerprint density at radius 1 is 1.07 bits per heavy atom. The van der Waals surface area contributed by atoms with Gasteiger partial charge in [-0.2, -0.15) is 0 Å². The zero-order valence-corrected chi connectivity index (χ0v) is 19.5. The molecule has 29 heavy (non-hydrogen) atoms. The maximum Gasteiger partial charge on any atom is 0.242 e. The van der Waals surface area contributed by atoms with Crippen LogP contribution in [0.15, 0.2) is 59.1 Å². The summed E-state index contributed by atoms with van der Waals surface area (Å²) in [6.07, 6.45) is 1.61. The summed E-state index contributed by atoms with van der Waals surface area (Å²) in [5.41, 5.74) is 2.34. The molecule has 1 N–H and O–H groups in total. The summed E-state index contributed by atoms with van der Waals surface area (Å²) >= 11 is 5.01. The highest BCUT2D eigenvalue weighted by Crippen LogP contribution is 2.17. The number of nitrogens with zero attached hydrogens (tertiary/aromatic N) is 1. The monoisotopic (exact) mass is 476 g/mol. The van der Waals surface area contributed by atoms with Crippen molar-refractivity contribution in [2.75, 3.05) is 18.8 Å². The molecule has 0 aliphatic carbocycles. The van der Waals surface area contributed by atoms with Crippen LogP contribution in [0.1, 0.15) is 31.4 Å². The van der Waals surface area contributed by atoms with E-state index in [1.807, 2.05) is 56.3 Å². The fourth-order valence-corrected chi connectivity index (χ4v) is 4.02. The van der Waals surface area contributed by atoms with E-state index in [1.165, 1.54) is 5.56 Å². The lowest BCUT2D eigenvalue weighted by molar-refractivity contribution is -0.137. The average Bonchev–Trinajstić information content (AvgIpc) is 2.74. The van der Waals surface area contributed by atoms with E-state index in [2.05, 4.69) is 33.4 Å². The van der Waals surface area contributed by atoms with Gasteiger partial charge in [0, 0.05) is 23.3 Å². The standard InChI is InChI=1S/C23H29BrN2O2S/c1-3-14-25-23(28)18(2)26(15-13-19-7-5-4-6-8-19)22(27)17-29-16-20-9-11-21(24)12-10-20/h4-12,18H,3,13-17H2,1-2H3,(H,25,28)/t18-/m1/s1. The summed E-state index contributed by atoms with van der Waals surface area (Å²) < 4.78 is 1.04. The number of amides is 2. The minimum absolute atomic E-state index is 0.00203. The van der Waals surface area contributed by atoms with Crippen molar-refractivity contribution in [2.45, 2.75) is 38.5 Å². The first-order valence-electron chi connectivity index (χ1n) is 9.94. The van der Waals surface area contributed by atoms with Crippen LogP contribution in [0.3, 0.4) is 0 Å². The predicted octanol–water partition coefficient (Wildman–Crippen LogP) is 4.67. The Kier molecular flexibility index (Phi) is 10.3. The fraction of sp³-hybridized carbons (Fsp3) is 0.391. The number of benzene rings is 2. The van der Waals surface area contributed by atoms with Crippen LogP contribution in [-0.2, 0) is 21.8 Å². The Morgan fingerprint density at radius 2 is 1.76 bits per heavy atom. The lowest BCUT2D eigenvalue weighted by atomic mass is 10.1. The first-order chi connectivity index (χ1) is 14.0. The van der Waals surface area contributed by atoms with Crippen LogP contribution in [0.2, 0.25) is 0 Å². The average molecular weight is 477 g/mol. The maximum absolute atomic E-state index is 12.9. The molecule has 0 fully saturated rings. The number of hydrogen-bond donors (Lipinski definition) is 1. The Morgan fingerprint density at radius 3 is 2.41 bits per heavy atom. The third-order valence-corrected chi connectivity index (χ3v) is 6.13. The molecule has 0 radical (unpaired) electrons. The summed E-state index contributed by atoms with van der Waals surface area (Å²) in [5, 5.41) is 2.91. The number of carbonyl (C=O) groups is 2. The first kappa shape index (κ1) is 23.5. The van der Waals surface area contributed by atoms with Gasteiger partial charge >= 0.3 is 0 Å². The van der Waals surface area contributed by atoms with Crippen LogP contribution in [0.5, 0.6) is 0 Å². The highest BCUT2D eigenvalue weighted by atomic mass is 79.9. The molecule has 4 nitrogen and oxygen atoms in total. The number of hydrogen-bond acceptors (Lipinski definition) is 3.